The maximum atomic E-state index is 13.4. The lowest BCUT2D eigenvalue weighted by atomic mass is 9.99. The summed E-state index contributed by atoms with van der Waals surface area (Å²) in [5, 5.41) is 13.3. The van der Waals surface area contributed by atoms with Gasteiger partial charge in [0.15, 0.2) is 0 Å². The Morgan fingerprint density at radius 1 is 1.06 bits per heavy atom. The first-order valence-corrected chi connectivity index (χ1v) is 12.6. The van der Waals surface area contributed by atoms with Crippen LogP contribution in [-0.4, -0.2) is 78.0 Å². The van der Waals surface area contributed by atoms with Crippen molar-refractivity contribution in [2.45, 2.75) is 25.9 Å². The second-order valence-electron chi connectivity index (χ2n) is 9.31. The lowest BCUT2D eigenvalue weighted by Gasteiger charge is -2.40. The van der Waals surface area contributed by atoms with Gasteiger partial charge in [0.2, 0.25) is 0 Å². The second kappa shape index (κ2) is 12.9. The Bertz CT molecular complexity index is 1100. The van der Waals surface area contributed by atoms with E-state index in [4.69, 9.17) is 23.2 Å². The molecular formula is C26H32Cl2N4O4. The Kier molecular flexibility index (Phi) is 9.98. The molecule has 0 aromatic heterocycles. The van der Waals surface area contributed by atoms with Gasteiger partial charge in [0, 0.05) is 54.3 Å². The molecule has 1 heterocycles. The van der Waals surface area contributed by atoms with Crippen LogP contribution < -0.4 is 5.32 Å². The summed E-state index contributed by atoms with van der Waals surface area (Å²) in [7, 11) is 3.96. The van der Waals surface area contributed by atoms with Gasteiger partial charge in [-0.25, -0.2) is 4.79 Å². The molecule has 1 fully saturated rings. The Hall–Kier alpha value is -2.81. The molecule has 3 rings (SSSR count). The topological polar surface area (TPSA) is 93.2 Å². The van der Waals surface area contributed by atoms with E-state index in [1.807, 2.05) is 26.2 Å². The number of nitrogens with one attached hydrogen (secondary N) is 1. The van der Waals surface area contributed by atoms with Crippen molar-refractivity contribution >= 4 is 41.1 Å². The van der Waals surface area contributed by atoms with Gasteiger partial charge in [0.05, 0.1) is 6.42 Å². The van der Waals surface area contributed by atoms with E-state index < -0.39 is 5.97 Å². The number of carboxylic acid groups (broad SMARTS) is 1. The van der Waals surface area contributed by atoms with Gasteiger partial charge in [-0.1, -0.05) is 47.5 Å². The molecule has 2 N–H and O–H groups in total. The van der Waals surface area contributed by atoms with Crippen molar-refractivity contribution in [3.05, 3.63) is 69.2 Å². The molecule has 0 saturated carbocycles. The summed E-state index contributed by atoms with van der Waals surface area (Å²) < 4.78 is 0. The van der Waals surface area contributed by atoms with Crippen LogP contribution in [0.2, 0.25) is 10.0 Å². The summed E-state index contributed by atoms with van der Waals surface area (Å²) in [5.74, 6) is -1.38. The van der Waals surface area contributed by atoms with Crippen molar-refractivity contribution in [2.75, 3.05) is 40.3 Å². The van der Waals surface area contributed by atoms with Crippen molar-refractivity contribution < 1.29 is 19.5 Å². The number of hydrogen-bond acceptors (Lipinski definition) is 4. The number of hydrogen-bond donors (Lipinski definition) is 2. The monoisotopic (exact) mass is 534 g/mol. The maximum absolute atomic E-state index is 13.4. The van der Waals surface area contributed by atoms with Gasteiger partial charge >= 0.3 is 12.0 Å². The first-order chi connectivity index (χ1) is 17.1. The van der Waals surface area contributed by atoms with Crippen LogP contribution in [0.25, 0.3) is 0 Å². The highest BCUT2D eigenvalue weighted by atomic mass is 35.5. The average molecular weight is 535 g/mol. The largest absolute Gasteiger partial charge is 0.481 e. The molecule has 2 aromatic rings. The maximum Gasteiger partial charge on any atom is 0.320 e. The van der Waals surface area contributed by atoms with Crippen LogP contribution in [0.4, 0.5) is 4.79 Å². The third-order valence-electron chi connectivity index (χ3n) is 6.03. The molecule has 0 bridgehead atoms. The molecule has 1 saturated heterocycles. The zero-order chi connectivity index (χ0) is 26.2. The number of amides is 3. The summed E-state index contributed by atoms with van der Waals surface area (Å²) >= 11 is 12.3. The van der Waals surface area contributed by atoms with Crippen LogP contribution in [0, 0.1) is 5.92 Å². The van der Waals surface area contributed by atoms with Crippen LogP contribution in [0.15, 0.2) is 42.5 Å². The van der Waals surface area contributed by atoms with Crippen molar-refractivity contribution in [1.82, 2.24) is 20.0 Å². The molecule has 1 aliphatic heterocycles. The molecule has 10 heteroatoms. The molecule has 1 unspecified atom stereocenters. The summed E-state index contributed by atoms with van der Waals surface area (Å²) in [5.41, 5.74) is 1.93. The van der Waals surface area contributed by atoms with E-state index in [0.717, 1.165) is 18.5 Å². The number of carboxylic acids is 1. The number of aliphatic carboxylic acids is 1. The van der Waals surface area contributed by atoms with Crippen molar-refractivity contribution in [3.8, 4) is 0 Å². The molecule has 2 aromatic carbocycles. The van der Waals surface area contributed by atoms with Crippen molar-refractivity contribution in [2.24, 2.45) is 5.92 Å². The molecule has 36 heavy (non-hydrogen) atoms. The molecule has 0 radical (unpaired) electrons. The molecule has 8 nitrogen and oxygen atoms in total. The minimum atomic E-state index is -0.920. The number of benzene rings is 2. The van der Waals surface area contributed by atoms with E-state index in [0.29, 0.717) is 34.3 Å². The highest BCUT2D eigenvalue weighted by molar-refractivity contribution is 6.35. The summed E-state index contributed by atoms with van der Waals surface area (Å²) in [6.07, 6.45) is 0.757. The Morgan fingerprint density at radius 2 is 1.72 bits per heavy atom. The normalized spacial score (nSPS) is 15.9. The Balaban J connectivity index is 1.77. The highest BCUT2D eigenvalue weighted by Gasteiger charge is 2.33. The van der Waals surface area contributed by atoms with Gasteiger partial charge in [-0.3, -0.25) is 9.59 Å². The third-order valence-corrected chi connectivity index (χ3v) is 6.62. The number of nitrogens with zero attached hydrogens (tertiary/aromatic N) is 3. The molecule has 3 amide bonds. The lowest BCUT2D eigenvalue weighted by Crippen LogP contribution is -2.53. The first-order valence-electron chi connectivity index (χ1n) is 11.8. The fourth-order valence-corrected chi connectivity index (χ4v) is 4.78. The predicted octanol–water partition coefficient (Wildman–Crippen LogP) is 4.20. The van der Waals surface area contributed by atoms with Crippen LogP contribution in [0.5, 0.6) is 0 Å². The van der Waals surface area contributed by atoms with Crippen molar-refractivity contribution in [3.63, 3.8) is 0 Å². The second-order valence-corrected chi connectivity index (χ2v) is 10.2. The molecule has 194 valence electrons. The SMILES string of the molecule is CN(C)CCCNC(=O)c1ccccc1CN1CC(CC(=O)O)CN(Cc2ccc(Cl)cc2Cl)C1=O. The molecular weight excluding hydrogens is 503 g/mol. The molecule has 0 spiro atoms. The van der Waals surface area contributed by atoms with E-state index in [-0.39, 0.29) is 43.9 Å². The zero-order valence-corrected chi connectivity index (χ0v) is 22.1. The standard InChI is InChI=1S/C26H32Cl2N4O4/c1-30(2)11-5-10-29-25(35)22-7-4-3-6-19(22)16-31-14-18(12-24(33)34)15-32(26(31)36)17-20-8-9-21(27)13-23(20)28/h3-4,6-9,13,18H,5,10-12,14-17H2,1-2H3,(H,29,35)(H,33,34). The van der Waals surface area contributed by atoms with E-state index in [9.17, 15) is 19.5 Å². The number of rotatable bonds is 11. The van der Waals surface area contributed by atoms with Crippen LogP contribution in [0.3, 0.4) is 0 Å². The van der Waals surface area contributed by atoms with Crippen LogP contribution in [-0.2, 0) is 17.9 Å². The van der Waals surface area contributed by atoms with Gasteiger partial charge in [-0.2, -0.15) is 0 Å². The zero-order valence-electron chi connectivity index (χ0n) is 20.5. The minimum Gasteiger partial charge on any atom is -0.481 e. The quantitative estimate of drug-likeness (QED) is 0.421. The van der Waals surface area contributed by atoms with Gasteiger partial charge in [-0.15, -0.1) is 0 Å². The number of urea groups is 1. The van der Waals surface area contributed by atoms with Gasteiger partial charge in [0.25, 0.3) is 5.91 Å². The molecule has 1 atom stereocenters. The Labute approximate surface area is 221 Å². The van der Waals surface area contributed by atoms with Crippen molar-refractivity contribution in [1.29, 1.82) is 0 Å². The van der Waals surface area contributed by atoms with Gasteiger partial charge in [-0.05, 0) is 56.4 Å². The third kappa shape index (κ3) is 7.85. The van der Waals surface area contributed by atoms with E-state index >= 15 is 0 Å². The van der Waals surface area contributed by atoms with E-state index in [2.05, 4.69) is 10.2 Å². The molecule has 0 aliphatic carbocycles. The fourth-order valence-electron chi connectivity index (χ4n) is 4.31. The van der Waals surface area contributed by atoms with E-state index in [1.54, 1.807) is 40.1 Å². The van der Waals surface area contributed by atoms with Crippen LogP contribution >= 0.6 is 23.2 Å². The fraction of sp³-hybridized carbons (Fsp3) is 0.423. The Morgan fingerprint density at radius 3 is 2.36 bits per heavy atom. The summed E-state index contributed by atoms with van der Waals surface area (Å²) in [6.45, 7) is 2.42. The number of carbonyl (C=O) groups is 3. The predicted molar refractivity (Wildman–Crippen MR) is 140 cm³/mol. The summed E-state index contributed by atoms with van der Waals surface area (Å²) in [4.78, 5) is 43.0. The number of carbonyl (C=O) groups excluding carboxylic acids is 2. The van der Waals surface area contributed by atoms with E-state index in [1.165, 1.54) is 0 Å². The van der Waals surface area contributed by atoms with Crippen LogP contribution in [0.1, 0.15) is 34.3 Å². The average Bonchev–Trinajstić information content (AvgIpc) is 2.81. The number of halogens is 2. The minimum absolute atomic E-state index is 0.0668. The summed E-state index contributed by atoms with van der Waals surface area (Å²) in [6, 6.07) is 12.0. The highest BCUT2D eigenvalue weighted by Crippen LogP contribution is 2.26. The lowest BCUT2D eigenvalue weighted by molar-refractivity contribution is -0.138. The van der Waals surface area contributed by atoms with Gasteiger partial charge in [0.1, 0.15) is 0 Å². The van der Waals surface area contributed by atoms with Gasteiger partial charge < -0.3 is 25.1 Å². The first kappa shape index (κ1) is 27.8. The smallest absolute Gasteiger partial charge is 0.320 e. The molecule has 1 aliphatic rings.